The predicted octanol–water partition coefficient (Wildman–Crippen LogP) is 3.71. The molecule has 3 unspecified atom stereocenters. The lowest BCUT2D eigenvalue weighted by Crippen LogP contribution is -2.52. The topological polar surface area (TPSA) is 83.8 Å². The van der Waals surface area contributed by atoms with Crippen molar-refractivity contribution in [1.29, 1.82) is 0 Å². The molecule has 0 saturated heterocycles. The first-order chi connectivity index (χ1) is 16.0. The summed E-state index contributed by atoms with van der Waals surface area (Å²) >= 11 is 3.51. The molecule has 0 bridgehead atoms. The van der Waals surface area contributed by atoms with E-state index in [1.165, 1.54) is 7.11 Å². The Hall–Kier alpha value is -2.45. The van der Waals surface area contributed by atoms with Crippen LogP contribution in [0.2, 0.25) is 0 Å². The number of ether oxygens (including phenoxy) is 2. The molecular weight excluding hydrogens is 484 g/mol. The molecule has 3 N–H and O–H groups in total. The van der Waals surface area contributed by atoms with Crippen molar-refractivity contribution in [2.24, 2.45) is 5.92 Å². The van der Waals surface area contributed by atoms with Crippen LogP contribution in [0.3, 0.4) is 0 Å². The fourth-order valence-electron chi connectivity index (χ4n) is 5.77. The average Bonchev–Trinajstić information content (AvgIpc) is 3.21. The molecule has 2 aromatic carbocycles. The Bertz CT molecular complexity index is 1140. The van der Waals surface area contributed by atoms with Crippen LogP contribution in [0.1, 0.15) is 29.5 Å². The van der Waals surface area contributed by atoms with Crippen LogP contribution < -0.4 is 14.8 Å². The van der Waals surface area contributed by atoms with Gasteiger partial charge in [0.25, 0.3) is 0 Å². The molecule has 5 atom stereocenters. The van der Waals surface area contributed by atoms with Crippen LogP contribution in [0.5, 0.6) is 11.5 Å². The van der Waals surface area contributed by atoms with E-state index in [0.717, 1.165) is 22.1 Å². The van der Waals surface area contributed by atoms with Crippen molar-refractivity contribution in [2.45, 2.75) is 30.1 Å². The lowest BCUT2D eigenvalue weighted by molar-refractivity contribution is -0.152. The number of aliphatic hydroxyl groups is 2. The molecule has 0 spiro atoms. The summed E-state index contributed by atoms with van der Waals surface area (Å²) in [4.78, 5) is 4.25. The molecule has 3 aromatic rings. The molecule has 7 heteroatoms. The molecule has 2 aliphatic rings. The molecule has 1 aliphatic heterocycles. The average molecular weight is 511 g/mol. The number of nitrogens with zero attached hydrogens (tertiary/aromatic N) is 1. The van der Waals surface area contributed by atoms with E-state index in [2.05, 4.69) is 26.2 Å². The van der Waals surface area contributed by atoms with Gasteiger partial charge in [-0.2, -0.15) is 0 Å². The summed E-state index contributed by atoms with van der Waals surface area (Å²) in [5.41, 5.74) is -0.843. The highest BCUT2D eigenvalue weighted by molar-refractivity contribution is 9.10. The Morgan fingerprint density at radius 1 is 1.12 bits per heavy atom. The van der Waals surface area contributed by atoms with Crippen LogP contribution >= 0.6 is 15.9 Å². The Morgan fingerprint density at radius 3 is 2.52 bits per heavy atom. The maximum absolute atomic E-state index is 12.6. The molecular formula is C26H27BrN2O4. The van der Waals surface area contributed by atoms with Gasteiger partial charge in [0.1, 0.15) is 11.5 Å². The van der Waals surface area contributed by atoms with E-state index in [-0.39, 0.29) is 11.8 Å². The Kier molecular flexibility index (Phi) is 5.69. The van der Waals surface area contributed by atoms with Crippen molar-refractivity contribution >= 4 is 15.9 Å². The number of aliphatic hydroxyl groups excluding tert-OH is 1. The fourth-order valence-corrected chi connectivity index (χ4v) is 6.03. The second kappa shape index (κ2) is 8.40. The van der Waals surface area contributed by atoms with Gasteiger partial charge in [-0.25, -0.2) is 0 Å². The van der Waals surface area contributed by atoms with E-state index in [9.17, 15) is 10.2 Å². The summed E-state index contributed by atoms with van der Waals surface area (Å²) in [6.07, 6.45) is 2.02. The summed E-state index contributed by atoms with van der Waals surface area (Å²) in [5.74, 6) is 0.133. The van der Waals surface area contributed by atoms with Crippen LogP contribution in [-0.2, 0) is 11.2 Å². The first-order valence-electron chi connectivity index (χ1n) is 11.1. The van der Waals surface area contributed by atoms with Crippen LogP contribution in [0, 0.1) is 5.92 Å². The molecule has 0 amide bonds. The number of hydrogen-bond donors (Lipinski definition) is 3. The second-order valence-corrected chi connectivity index (χ2v) is 9.55. The van der Waals surface area contributed by atoms with E-state index in [0.29, 0.717) is 23.6 Å². The number of methoxy groups -OCH3 is 1. The Balaban J connectivity index is 1.83. The standard InChI is InChI=1S/C26H27BrN2O4/c1-3-28-13-19-22(16-7-5-4-6-8-16)26(17-9-11-18(27)12-10-17)25(31,24(19)30)23-20(32-2)14-29-15-21(23)33-26/h4-12,14-15,19,22,24,28,30-31H,3,13H2,1-2H3/t19-,22?,24-,25?,26?/m1/s1. The number of hydrogen-bond acceptors (Lipinski definition) is 6. The van der Waals surface area contributed by atoms with Crippen LogP contribution in [0.25, 0.3) is 0 Å². The zero-order valence-electron chi connectivity index (χ0n) is 18.5. The van der Waals surface area contributed by atoms with E-state index in [1.54, 1.807) is 12.4 Å². The molecule has 1 aromatic heterocycles. The van der Waals surface area contributed by atoms with Crippen molar-refractivity contribution < 1.29 is 19.7 Å². The first-order valence-corrected chi connectivity index (χ1v) is 11.9. The third-order valence-corrected chi connectivity index (χ3v) is 7.60. The van der Waals surface area contributed by atoms with Crippen LogP contribution in [-0.4, -0.2) is 41.5 Å². The van der Waals surface area contributed by atoms with E-state index >= 15 is 0 Å². The SMILES string of the molecule is CCNC[C@@H]1C(c2ccccc2)C2(c3ccc(Br)cc3)Oc3cncc(OC)c3C2(O)[C@@H]1O. The van der Waals surface area contributed by atoms with Gasteiger partial charge < -0.3 is 25.0 Å². The zero-order chi connectivity index (χ0) is 23.2. The lowest BCUT2D eigenvalue weighted by Gasteiger charge is -2.41. The molecule has 2 heterocycles. The molecule has 172 valence electrons. The summed E-state index contributed by atoms with van der Waals surface area (Å²) < 4.78 is 13.3. The first kappa shape index (κ1) is 22.3. The van der Waals surface area contributed by atoms with Gasteiger partial charge in [-0.3, -0.25) is 4.98 Å². The normalized spacial score (nSPS) is 29.9. The number of fused-ring (bicyclic) bond motifs is 3. The van der Waals surface area contributed by atoms with Gasteiger partial charge in [-0.15, -0.1) is 0 Å². The largest absolute Gasteiger partial charge is 0.495 e. The molecule has 5 rings (SSSR count). The zero-order valence-corrected chi connectivity index (χ0v) is 20.1. The quantitative estimate of drug-likeness (QED) is 0.468. The highest BCUT2D eigenvalue weighted by atomic mass is 79.9. The van der Waals surface area contributed by atoms with Gasteiger partial charge >= 0.3 is 0 Å². The van der Waals surface area contributed by atoms with Gasteiger partial charge in [0.15, 0.2) is 11.2 Å². The van der Waals surface area contributed by atoms with Crippen molar-refractivity contribution in [3.63, 3.8) is 0 Å². The Labute approximate surface area is 201 Å². The summed E-state index contributed by atoms with van der Waals surface area (Å²) in [6, 6.07) is 17.7. The molecule has 1 saturated carbocycles. The summed E-state index contributed by atoms with van der Waals surface area (Å²) in [5, 5.41) is 27.9. The van der Waals surface area contributed by atoms with Gasteiger partial charge in [-0.1, -0.05) is 65.3 Å². The maximum atomic E-state index is 12.6. The minimum atomic E-state index is -1.76. The molecule has 33 heavy (non-hydrogen) atoms. The minimum Gasteiger partial charge on any atom is -0.495 e. The van der Waals surface area contributed by atoms with E-state index < -0.39 is 17.3 Å². The number of rotatable bonds is 6. The number of halogens is 1. The maximum Gasteiger partial charge on any atom is 0.177 e. The Morgan fingerprint density at radius 2 is 1.85 bits per heavy atom. The predicted molar refractivity (Wildman–Crippen MR) is 128 cm³/mol. The summed E-state index contributed by atoms with van der Waals surface area (Å²) in [6.45, 7) is 3.29. The highest BCUT2D eigenvalue weighted by Gasteiger charge is 2.76. The second-order valence-electron chi connectivity index (χ2n) is 8.63. The van der Waals surface area contributed by atoms with Crippen molar-refractivity contribution in [3.05, 3.63) is 88.2 Å². The fraction of sp³-hybridized carbons (Fsp3) is 0.346. The number of pyridine rings is 1. The monoisotopic (exact) mass is 510 g/mol. The van der Waals surface area contributed by atoms with Crippen LogP contribution in [0.4, 0.5) is 0 Å². The van der Waals surface area contributed by atoms with E-state index in [4.69, 9.17) is 9.47 Å². The van der Waals surface area contributed by atoms with Crippen molar-refractivity contribution in [2.75, 3.05) is 20.2 Å². The smallest absolute Gasteiger partial charge is 0.177 e. The van der Waals surface area contributed by atoms with Gasteiger partial charge in [0, 0.05) is 22.9 Å². The van der Waals surface area contributed by atoms with Crippen molar-refractivity contribution in [1.82, 2.24) is 10.3 Å². The third-order valence-electron chi connectivity index (χ3n) is 7.08. The molecule has 6 nitrogen and oxygen atoms in total. The summed E-state index contributed by atoms with van der Waals surface area (Å²) in [7, 11) is 1.53. The molecule has 1 aliphatic carbocycles. The van der Waals surface area contributed by atoms with Gasteiger partial charge in [-0.05, 0) is 29.8 Å². The minimum absolute atomic E-state index is 0.327. The van der Waals surface area contributed by atoms with Gasteiger partial charge in [0.2, 0.25) is 0 Å². The number of aromatic nitrogens is 1. The highest BCUT2D eigenvalue weighted by Crippen LogP contribution is 2.69. The number of nitrogens with one attached hydrogen (secondary N) is 1. The van der Waals surface area contributed by atoms with E-state index in [1.807, 2.05) is 61.5 Å². The van der Waals surface area contributed by atoms with Crippen LogP contribution in [0.15, 0.2) is 71.5 Å². The third kappa shape index (κ3) is 3.06. The van der Waals surface area contributed by atoms with Crippen molar-refractivity contribution in [3.8, 4) is 11.5 Å². The molecule has 1 fully saturated rings. The lowest BCUT2D eigenvalue weighted by atomic mass is 9.70. The number of benzene rings is 2. The molecule has 0 radical (unpaired) electrons. The van der Waals surface area contributed by atoms with Gasteiger partial charge in [0.05, 0.1) is 31.2 Å².